The molecule has 28 heavy (non-hydrogen) atoms. The second-order valence-electron chi connectivity index (χ2n) is 6.96. The van der Waals surface area contributed by atoms with Crippen LogP contribution in [0.3, 0.4) is 0 Å². The van der Waals surface area contributed by atoms with Gasteiger partial charge in [-0.2, -0.15) is 0 Å². The number of hydrogen-bond acceptors (Lipinski definition) is 4. The van der Waals surface area contributed by atoms with E-state index >= 15 is 0 Å². The van der Waals surface area contributed by atoms with Crippen LogP contribution in [-0.4, -0.2) is 37.2 Å². The molecule has 2 aliphatic rings. The highest BCUT2D eigenvalue weighted by molar-refractivity contribution is 6.54. The molecule has 0 N–H and O–H groups in total. The van der Waals surface area contributed by atoms with Crippen molar-refractivity contribution in [2.45, 2.75) is 26.2 Å². The summed E-state index contributed by atoms with van der Waals surface area (Å²) in [4.78, 5) is 34.2. The van der Waals surface area contributed by atoms with Crippen molar-refractivity contribution < 1.29 is 14.4 Å². The zero-order valence-corrected chi connectivity index (χ0v) is 15.9. The van der Waals surface area contributed by atoms with Crippen LogP contribution in [0, 0.1) is 0 Å². The van der Waals surface area contributed by atoms with Gasteiger partial charge in [-0.3, -0.25) is 9.59 Å². The summed E-state index contributed by atoms with van der Waals surface area (Å²) in [6.45, 7) is 3.12. The van der Waals surface area contributed by atoms with Gasteiger partial charge in [0.15, 0.2) is 12.3 Å². The second kappa shape index (κ2) is 7.84. The summed E-state index contributed by atoms with van der Waals surface area (Å²) in [7, 11) is 0. The molecular formula is C22H23N3O3. The van der Waals surface area contributed by atoms with E-state index in [4.69, 9.17) is 4.84 Å². The lowest BCUT2D eigenvalue weighted by atomic mass is 10.0. The molecule has 2 heterocycles. The minimum Gasteiger partial charge on any atom is -0.385 e. The zero-order chi connectivity index (χ0) is 19.5. The molecule has 0 saturated carbocycles. The molecule has 6 nitrogen and oxygen atoms in total. The van der Waals surface area contributed by atoms with Crippen molar-refractivity contribution in [3.05, 3.63) is 59.7 Å². The Hall–Kier alpha value is -3.15. The highest BCUT2D eigenvalue weighted by Crippen LogP contribution is 2.29. The fourth-order valence-corrected chi connectivity index (χ4v) is 3.82. The Balaban J connectivity index is 1.48. The van der Waals surface area contributed by atoms with E-state index in [1.165, 1.54) is 5.56 Å². The van der Waals surface area contributed by atoms with Gasteiger partial charge in [0.1, 0.15) is 0 Å². The number of oxime groups is 1. The van der Waals surface area contributed by atoms with Crippen molar-refractivity contribution in [2.75, 3.05) is 29.5 Å². The number of para-hydroxylation sites is 2. The van der Waals surface area contributed by atoms with Crippen LogP contribution in [0.25, 0.3) is 0 Å². The third-order valence-corrected chi connectivity index (χ3v) is 5.10. The van der Waals surface area contributed by atoms with Gasteiger partial charge >= 0.3 is 0 Å². The molecule has 4 rings (SSSR count). The first-order valence-electron chi connectivity index (χ1n) is 9.70. The van der Waals surface area contributed by atoms with Crippen molar-refractivity contribution in [3.63, 3.8) is 0 Å². The van der Waals surface area contributed by atoms with Crippen molar-refractivity contribution in [1.82, 2.24) is 0 Å². The number of benzene rings is 2. The molecule has 0 aromatic heterocycles. The fraction of sp³-hybridized carbons (Fsp3) is 0.318. The van der Waals surface area contributed by atoms with E-state index in [0.29, 0.717) is 13.1 Å². The second-order valence-corrected chi connectivity index (χ2v) is 6.96. The van der Waals surface area contributed by atoms with Crippen molar-refractivity contribution in [1.29, 1.82) is 0 Å². The SMILES string of the molecule is CCCN1C(=O)/C(=N\OCC(=O)N2CCCc3ccccc32)c2ccccc21. The van der Waals surface area contributed by atoms with Crippen molar-refractivity contribution >= 4 is 28.9 Å². The number of anilines is 2. The highest BCUT2D eigenvalue weighted by atomic mass is 16.6. The molecular weight excluding hydrogens is 354 g/mol. The molecule has 6 heteroatoms. The summed E-state index contributed by atoms with van der Waals surface area (Å²) in [5.74, 6) is -0.334. The van der Waals surface area contributed by atoms with E-state index in [2.05, 4.69) is 5.16 Å². The maximum absolute atomic E-state index is 12.7. The number of nitrogens with zero attached hydrogens (tertiary/aromatic N) is 3. The Labute approximate surface area is 164 Å². The quantitative estimate of drug-likeness (QED) is 0.752. The maximum Gasteiger partial charge on any atom is 0.281 e. The number of fused-ring (bicyclic) bond motifs is 2. The minimum absolute atomic E-state index is 0.152. The first kappa shape index (κ1) is 18.2. The number of rotatable bonds is 5. The third-order valence-electron chi connectivity index (χ3n) is 5.10. The standard InChI is InChI=1S/C22H23N3O3/c1-2-13-25-19-12-6-4-10-17(19)21(22(25)27)23-28-15-20(26)24-14-7-9-16-8-3-5-11-18(16)24/h3-6,8,10-12H,2,7,9,13-15H2,1H3/b23-21-. The van der Waals surface area contributed by atoms with Crippen LogP contribution >= 0.6 is 0 Å². The molecule has 0 fully saturated rings. The van der Waals surface area contributed by atoms with E-state index in [1.54, 1.807) is 9.80 Å². The van der Waals surface area contributed by atoms with Crippen molar-refractivity contribution in [2.24, 2.45) is 5.16 Å². The lowest BCUT2D eigenvalue weighted by molar-refractivity contribution is -0.123. The third kappa shape index (κ3) is 3.26. The topological polar surface area (TPSA) is 62.2 Å². The van der Waals surface area contributed by atoms with Gasteiger partial charge in [0, 0.05) is 24.3 Å². The van der Waals surface area contributed by atoms with Crippen molar-refractivity contribution in [3.8, 4) is 0 Å². The number of carbonyl (C=O) groups excluding carboxylic acids is 2. The molecule has 2 aromatic carbocycles. The minimum atomic E-state index is -0.193. The van der Waals surface area contributed by atoms with E-state index in [1.807, 2.05) is 55.5 Å². The van der Waals surface area contributed by atoms with Crippen LogP contribution in [-0.2, 0) is 20.8 Å². The molecule has 2 aromatic rings. The van der Waals surface area contributed by atoms with Gasteiger partial charge in [0.05, 0.1) is 5.69 Å². The monoisotopic (exact) mass is 377 g/mol. The van der Waals surface area contributed by atoms with Gasteiger partial charge in [0.25, 0.3) is 11.8 Å². The average Bonchev–Trinajstić information content (AvgIpc) is 2.99. The molecule has 0 saturated heterocycles. The highest BCUT2D eigenvalue weighted by Gasteiger charge is 2.34. The van der Waals surface area contributed by atoms with Gasteiger partial charge < -0.3 is 14.6 Å². The fourth-order valence-electron chi connectivity index (χ4n) is 3.82. The van der Waals surface area contributed by atoms with E-state index in [-0.39, 0.29) is 24.1 Å². The molecule has 2 amide bonds. The number of aryl methyl sites for hydroxylation is 1. The van der Waals surface area contributed by atoms with Crippen LogP contribution in [0.1, 0.15) is 30.9 Å². The van der Waals surface area contributed by atoms with Crippen LogP contribution in [0.4, 0.5) is 11.4 Å². The largest absolute Gasteiger partial charge is 0.385 e. The van der Waals surface area contributed by atoms with Gasteiger partial charge in [-0.15, -0.1) is 0 Å². The summed E-state index contributed by atoms with van der Waals surface area (Å²) in [6.07, 6.45) is 2.75. The van der Waals surface area contributed by atoms with Gasteiger partial charge in [-0.1, -0.05) is 48.5 Å². The lowest BCUT2D eigenvalue weighted by Crippen LogP contribution is -2.37. The zero-order valence-electron chi connectivity index (χ0n) is 15.9. The van der Waals surface area contributed by atoms with Crippen LogP contribution in [0.2, 0.25) is 0 Å². The van der Waals surface area contributed by atoms with Crippen LogP contribution in [0.15, 0.2) is 53.7 Å². The predicted molar refractivity (Wildman–Crippen MR) is 109 cm³/mol. The maximum atomic E-state index is 12.7. The molecule has 2 aliphatic heterocycles. The molecule has 0 aliphatic carbocycles. The average molecular weight is 377 g/mol. The van der Waals surface area contributed by atoms with Crippen LogP contribution < -0.4 is 9.80 Å². The summed E-state index contributed by atoms with van der Waals surface area (Å²) >= 11 is 0. The van der Waals surface area contributed by atoms with E-state index in [9.17, 15) is 9.59 Å². The Morgan fingerprint density at radius 2 is 1.86 bits per heavy atom. The molecule has 0 radical (unpaired) electrons. The summed E-state index contributed by atoms with van der Waals surface area (Å²) < 4.78 is 0. The number of hydrogen-bond donors (Lipinski definition) is 0. The molecule has 0 unspecified atom stereocenters. The number of carbonyl (C=O) groups is 2. The predicted octanol–water partition coefficient (Wildman–Crippen LogP) is 3.14. The first-order chi connectivity index (χ1) is 13.7. The number of amides is 2. The molecule has 0 bridgehead atoms. The Morgan fingerprint density at radius 3 is 2.68 bits per heavy atom. The van der Waals surface area contributed by atoms with E-state index in [0.717, 1.165) is 36.2 Å². The summed E-state index contributed by atoms with van der Waals surface area (Å²) in [6, 6.07) is 15.4. The summed E-state index contributed by atoms with van der Waals surface area (Å²) in [5, 5.41) is 4.05. The lowest BCUT2D eigenvalue weighted by Gasteiger charge is -2.28. The van der Waals surface area contributed by atoms with Gasteiger partial charge in [-0.05, 0) is 37.0 Å². The van der Waals surface area contributed by atoms with Crippen LogP contribution in [0.5, 0.6) is 0 Å². The Morgan fingerprint density at radius 1 is 1.11 bits per heavy atom. The Bertz CT molecular complexity index is 938. The first-order valence-corrected chi connectivity index (χ1v) is 9.70. The molecule has 0 spiro atoms. The van der Waals surface area contributed by atoms with E-state index < -0.39 is 0 Å². The molecule has 0 atom stereocenters. The van der Waals surface area contributed by atoms with Gasteiger partial charge in [-0.25, -0.2) is 0 Å². The Kier molecular flexibility index (Phi) is 5.10. The van der Waals surface area contributed by atoms with Gasteiger partial charge in [0.2, 0.25) is 0 Å². The normalized spacial score (nSPS) is 16.9. The molecule has 144 valence electrons. The summed E-state index contributed by atoms with van der Waals surface area (Å²) in [5.41, 5.74) is 3.95. The smallest absolute Gasteiger partial charge is 0.281 e.